The first-order valence-electron chi connectivity index (χ1n) is 7.31. The summed E-state index contributed by atoms with van der Waals surface area (Å²) in [7, 11) is 0. The van der Waals surface area contributed by atoms with Crippen LogP contribution in [0, 0.1) is 0 Å². The molecule has 5 nitrogen and oxygen atoms in total. The second-order valence-corrected chi connectivity index (χ2v) is 6.36. The highest BCUT2D eigenvalue weighted by Crippen LogP contribution is 2.36. The number of rotatable bonds is 6. The van der Waals surface area contributed by atoms with Gasteiger partial charge in [-0.15, -0.1) is 5.10 Å². The molecule has 1 fully saturated rings. The molecule has 3 unspecified atom stereocenters. The maximum absolute atomic E-state index is 4.27. The van der Waals surface area contributed by atoms with Crippen LogP contribution < -0.4 is 5.32 Å². The molecule has 1 aliphatic rings. The second kappa shape index (κ2) is 7.24. The molecule has 1 saturated carbocycles. The molecule has 108 valence electrons. The fourth-order valence-corrected chi connectivity index (χ4v) is 3.77. The Labute approximate surface area is 119 Å². The standard InChI is InChI=1S/C13H25N5S/c1-4-9-14-10(2)13-15-16-17-18(13)11-7-5-6-8-12(11)19-3/h10-12,14H,4-9H2,1-3H3. The van der Waals surface area contributed by atoms with Crippen molar-refractivity contribution in [1.29, 1.82) is 0 Å². The van der Waals surface area contributed by atoms with Crippen LogP contribution in [0.4, 0.5) is 0 Å². The molecule has 6 heteroatoms. The summed E-state index contributed by atoms with van der Waals surface area (Å²) in [6, 6.07) is 0.680. The quantitative estimate of drug-likeness (QED) is 0.869. The molecular weight excluding hydrogens is 258 g/mol. The Morgan fingerprint density at radius 2 is 2.21 bits per heavy atom. The smallest absolute Gasteiger partial charge is 0.168 e. The van der Waals surface area contributed by atoms with Crippen LogP contribution in [0.1, 0.15) is 63.9 Å². The average molecular weight is 283 g/mol. The molecule has 1 N–H and O–H groups in total. The number of aromatic nitrogens is 4. The molecule has 1 aromatic rings. The van der Waals surface area contributed by atoms with Crippen molar-refractivity contribution in [3.8, 4) is 0 Å². The van der Waals surface area contributed by atoms with E-state index in [4.69, 9.17) is 0 Å². The van der Waals surface area contributed by atoms with Gasteiger partial charge in [-0.1, -0.05) is 19.8 Å². The Bertz CT molecular complexity index is 381. The first kappa shape index (κ1) is 14.8. The highest BCUT2D eigenvalue weighted by Gasteiger charge is 2.29. The molecule has 1 aromatic heterocycles. The minimum Gasteiger partial charge on any atom is -0.307 e. The van der Waals surface area contributed by atoms with Crippen LogP contribution in [0.2, 0.25) is 0 Å². The summed E-state index contributed by atoms with van der Waals surface area (Å²) in [5.41, 5.74) is 0. The summed E-state index contributed by atoms with van der Waals surface area (Å²) >= 11 is 1.95. The van der Waals surface area contributed by atoms with E-state index in [2.05, 4.69) is 45.6 Å². The number of nitrogens with one attached hydrogen (secondary N) is 1. The van der Waals surface area contributed by atoms with Crippen LogP contribution in [0.3, 0.4) is 0 Å². The second-order valence-electron chi connectivity index (χ2n) is 5.28. The molecule has 0 radical (unpaired) electrons. The first-order valence-corrected chi connectivity index (χ1v) is 8.60. The molecule has 3 atom stereocenters. The van der Waals surface area contributed by atoms with Gasteiger partial charge in [0.25, 0.3) is 0 Å². The van der Waals surface area contributed by atoms with Crippen molar-refractivity contribution in [3.05, 3.63) is 5.82 Å². The van der Waals surface area contributed by atoms with E-state index in [0.29, 0.717) is 11.3 Å². The van der Waals surface area contributed by atoms with Crippen molar-refractivity contribution in [2.75, 3.05) is 12.8 Å². The minimum atomic E-state index is 0.222. The van der Waals surface area contributed by atoms with Gasteiger partial charge < -0.3 is 5.32 Å². The van der Waals surface area contributed by atoms with Gasteiger partial charge in [-0.25, -0.2) is 4.68 Å². The lowest BCUT2D eigenvalue weighted by Gasteiger charge is -2.31. The van der Waals surface area contributed by atoms with Crippen molar-refractivity contribution in [2.24, 2.45) is 0 Å². The predicted molar refractivity (Wildman–Crippen MR) is 79.3 cm³/mol. The zero-order valence-electron chi connectivity index (χ0n) is 12.2. The topological polar surface area (TPSA) is 55.6 Å². The van der Waals surface area contributed by atoms with Crippen molar-refractivity contribution in [2.45, 2.75) is 63.3 Å². The van der Waals surface area contributed by atoms with Gasteiger partial charge in [0.1, 0.15) is 0 Å². The van der Waals surface area contributed by atoms with Crippen LogP contribution in [0.15, 0.2) is 0 Å². The molecule has 2 rings (SSSR count). The van der Waals surface area contributed by atoms with Gasteiger partial charge in [0.15, 0.2) is 5.82 Å². The minimum absolute atomic E-state index is 0.222. The Hall–Kier alpha value is -0.620. The Kier molecular flexibility index (Phi) is 5.63. The lowest BCUT2D eigenvalue weighted by molar-refractivity contribution is 0.318. The summed E-state index contributed by atoms with van der Waals surface area (Å²) in [4.78, 5) is 0. The van der Waals surface area contributed by atoms with E-state index in [1.807, 2.05) is 11.8 Å². The number of nitrogens with zero attached hydrogens (tertiary/aromatic N) is 4. The van der Waals surface area contributed by atoms with E-state index in [0.717, 1.165) is 18.8 Å². The van der Waals surface area contributed by atoms with E-state index in [1.54, 1.807) is 0 Å². The van der Waals surface area contributed by atoms with Crippen LogP contribution in [-0.4, -0.2) is 38.3 Å². The van der Waals surface area contributed by atoms with E-state index in [1.165, 1.54) is 25.7 Å². The lowest BCUT2D eigenvalue weighted by atomic mass is 9.95. The number of tetrazole rings is 1. The third-order valence-corrected chi connectivity index (χ3v) is 5.05. The average Bonchev–Trinajstić information content (AvgIpc) is 2.94. The Balaban J connectivity index is 2.13. The summed E-state index contributed by atoms with van der Waals surface area (Å²) in [6.07, 6.45) is 8.43. The summed E-state index contributed by atoms with van der Waals surface area (Å²) in [5.74, 6) is 0.986. The Morgan fingerprint density at radius 1 is 1.42 bits per heavy atom. The predicted octanol–water partition coefficient (Wildman–Crippen LogP) is 2.58. The van der Waals surface area contributed by atoms with Gasteiger partial charge in [-0.3, -0.25) is 0 Å². The van der Waals surface area contributed by atoms with E-state index < -0.39 is 0 Å². The largest absolute Gasteiger partial charge is 0.307 e. The molecule has 0 bridgehead atoms. The molecule has 0 aromatic carbocycles. The summed E-state index contributed by atoms with van der Waals surface area (Å²) < 4.78 is 2.08. The molecule has 0 amide bonds. The zero-order valence-corrected chi connectivity index (χ0v) is 13.0. The molecule has 1 heterocycles. The van der Waals surface area contributed by atoms with E-state index in [-0.39, 0.29) is 6.04 Å². The van der Waals surface area contributed by atoms with Crippen LogP contribution in [0.5, 0.6) is 0 Å². The molecule has 1 aliphatic carbocycles. The lowest BCUT2D eigenvalue weighted by Crippen LogP contribution is -2.30. The SMILES string of the molecule is CCCNC(C)c1nnnn1C1CCCCC1SC. The van der Waals surface area contributed by atoms with Gasteiger partial charge >= 0.3 is 0 Å². The maximum Gasteiger partial charge on any atom is 0.168 e. The summed E-state index contributed by atoms with van der Waals surface area (Å²) in [5, 5.41) is 16.5. The monoisotopic (exact) mass is 283 g/mol. The molecule has 0 saturated heterocycles. The van der Waals surface area contributed by atoms with E-state index >= 15 is 0 Å². The highest BCUT2D eigenvalue weighted by molar-refractivity contribution is 7.99. The molecule has 0 aliphatic heterocycles. The van der Waals surface area contributed by atoms with Gasteiger partial charge in [-0.2, -0.15) is 11.8 Å². The van der Waals surface area contributed by atoms with Gasteiger partial charge in [0, 0.05) is 5.25 Å². The normalized spacial score (nSPS) is 25.4. The molecule has 0 spiro atoms. The fraction of sp³-hybridized carbons (Fsp3) is 0.923. The summed E-state index contributed by atoms with van der Waals surface area (Å²) in [6.45, 7) is 5.33. The molecule has 19 heavy (non-hydrogen) atoms. The van der Waals surface area contributed by atoms with Gasteiger partial charge in [0.05, 0.1) is 12.1 Å². The van der Waals surface area contributed by atoms with Crippen LogP contribution in [-0.2, 0) is 0 Å². The number of thioether (sulfide) groups is 1. The van der Waals surface area contributed by atoms with Crippen LogP contribution >= 0.6 is 11.8 Å². The number of hydrogen-bond acceptors (Lipinski definition) is 5. The van der Waals surface area contributed by atoms with E-state index in [9.17, 15) is 0 Å². The van der Waals surface area contributed by atoms with Crippen molar-refractivity contribution >= 4 is 11.8 Å². The number of hydrogen-bond donors (Lipinski definition) is 1. The van der Waals surface area contributed by atoms with Crippen molar-refractivity contribution in [1.82, 2.24) is 25.5 Å². The zero-order chi connectivity index (χ0) is 13.7. The fourth-order valence-electron chi connectivity index (χ4n) is 2.81. The first-order chi connectivity index (χ1) is 9.27. The highest BCUT2D eigenvalue weighted by atomic mass is 32.2. The van der Waals surface area contributed by atoms with Gasteiger partial charge in [-0.05, 0) is 49.4 Å². The van der Waals surface area contributed by atoms with Gasteiger partial charge in [0.2, 0.25) is 0 Å². The maximum atomic E-state index is 4.27. The Morgan fingerprint density at radius 3 is 2.95 bits per heavy atom. The third kappa shape index (κ3) is 3.48. The van der Waals surface area contributed by atoms with Crippen molar-refractivity contribution in [3.63, 3.8) is 0 Å². The van der Waals surface area contributed by atoms with Crippen molar-refractivity contribution < 1.29 is 0 Å². The third-order valence-electron chi connectivity index (χ3n) is 3.89. The molecular formula is C13H25N5S. The van der Waals surface area contributed by atoms with Crippen LogP contribution in [0.25, 0.3) is 0 Å².